The number of nitrogens with zero attached hydrogens (tertiary/aromatic N) is 4. The number of para-hydroxylation sites is 1. The Morgan fingerprint density at radius 1 is 1.19 bits per heavy atom. The second-order valence-corrected chi connectivity index (χ2v) is 7.21. The Balaban J connectivity index is 1.71. The molecule has 0 fully saturated rings. The van der Waals surface area contributed by atoms with Gasteiger partial charge in [-0.15, -0.1) is 10.2 Å². The number of halogens is 1. The lowest BCUT2D eigenvalue weighted by Crippen LogP contribution is -2.15. The summed E-state index contributed by atoms with van der Waals surface area (Å²) in [6.45, 7) is 2.94. The number of pyridine rings is 1. The zero-order valence-corrected chi connectivity index (χ0v) is 16.5. The molecule has 6 nitrogen and oxygen atoms in total. The van der Waals surface area contributed by atoms with Crippen molar-refractivity contribution in [2.75, 3.05) is 11.1 Å². The summed E-state index contributed by atoms with van der Waals surface area (Å²) < 4.78 is 2.06. The molecule has 0 aliphatic heterocycles. The molecule has 3 aromatic rings. The number of rotatable bonds is 8. The zero-order valence-electron chi connectivity index (χ0n) is 14.9. The zero-order chi connectivity index (χ0) is 19.1. The van der Waals surface area contributed by atoms with E-state index in [1.807, 2.05) is 24.3 Å². The normalized spacial score (nSPS) is 10.7. The summed E-state index contributed by atoms with van der Waals surface area (Å²) in [4.78, 5) is 16.3. The summed E-state index contributed by atoms with van der Waals surface area (Å²) in [6, 6.07) is 11.0. The Bertz CT molecular complexity index is 900. The molecule has 0 saturated heterocycles. The monoisotopic (exact) mass is 401 g/mol. The number of hydrogen-bond acceptors (Lipinski definition) is 5. The minimum absolute atomic E-state index is 0.136. The van der Waals surface area contributed by atoms with E-state index in [4.69, 9.17) is 11.6 Å². The van der Waals surface area contributed by atoms with Crippen LogP contribution < -0.4 is 5.32 Å². The number of carbonyl (C=O) groups excluding carboxylic acids is 1. The van der Waals surface area contributed by atoms with Gasteiger partial charge in [0.15, 0.2) is 11.0 Å². The number of amides is 1. The highest BCUT2D eigenvalue weighted by molar-refractivity contribution is 7.99. The topological polar surface area (TPSA) is 72.7 Å². The summed E-state index contributed by atoms with van der Waals surface area (Å²) >= 11 is 7.45. The molecule has 0 aliphatic rings. The maximum absolute atomic E-state index is 12.3. The van der Waals surface area contributed by atoms with E-state index >= 15 is 0 Å². The lowest BCUT2D eigenvalue weighted by atomic mass is 10.2. The molecule has 1 N–H and O–H groups in total. The van der Waals surface area contributed by atoms with Crippen LogP contribution in [0.2, 0.25) is 5.02 Å². The third-order valence-electron chi connectivity index (χ3n) is 3.87. The minimum Gasteiger partial charge on any atom is -0.324 e. The number of hydrogen-bond donors (Lipinski definition) is 1. The Hall–Kier alpha value is -2.38. The molecule has 1 amide bonds. The van der Waals surface area contributed by atoms with Gasteiger partial charge in [0.2, 0.25) is 5.91 Å². The van der Waals surface area contributed by atoms with Crippen LogP contribution >= 0.6 is 23.4 Å². The number of nitrogens with one attached hydrogen (secondary N) is 1. The van der Waals surface area contributed by atoms with Crippen LogP contribution in [0.1, 0.15) is 19.8 Å². The number of thioether (sulfide) groups is 1. The van der Waals surface area contributed by atoms with Gasteiger partial charge in [-0.1, -0.05) is 48.8 Å². The molecule has 0 radical (unpaired) electrons. The quantitative estimate of drug-likeness (QED) is 0.561. The van der Waals surface area contributed by atoms with Crippen LogP contribution in [0.5, 0.6) is 0 Å². The van der Waals surface area contributed by atoms with Crippen molar-refractivity contribution in [3.05, 3.63) is 53.8 Å². The van der Waals surface area contributed by atoms with E-state index in [0.29, 0.717) is 10.7 Å². The molecule has 2 aromatic heterocycles. The fourth-order valence-electron chi connectivity index (χ4n) is 2.51. The van der Waals surface area contributed by atoms with E-state index in [-0.39, 0.29) is 11.7 Å². The summed E-state index contributed by atoms with van der Waals surface area (Å²) in [7, 11) is 0. The Labute approximate surface area is 167 Å². The van der Waals surface area contributed by atoms with Crippen LogP contribution in [0, 0.1) is 0 Å². The number of aromatic nitrogens is 4. The second-order valence-electron chi connectivity index (χ2n) is 5.86. The summed E-state index contributed by atoms with van der Waals surface area (Å²) in [5, 5.41) is 12.7. The van der Waals surface area contributed by atoms with Crippen LogP contribution in [0.3, 0.4) is 0 Å². The van der Waals surface area contributed by atoms with Crippen molar-refractivity contribution < 1.29 is 4.79 Å². The smallest absolute Gasteiger partial charge is 0.234 e. The molecule has 8 heteroatoms. The van der Waals surface area contributed by atoms with Crippen LogP contribution in [0.25, 0.3) is 11.4 Å². The highest BCUT2D eigenvalue weighted by Crippen LogP contribution is 2.25. The first-order valence-corrected chi connectivity index (χ1v) is 10.1. The van der Waals surface area contributed by atoms with Crippen molar-refractivity contribution in [3.63, 3.8) is 0 Å². The minimum atomic E-state index is -0.136. The maximum Gasteiger partial charge on any atom is 0.234 e. The van der Waals surface area contributed by atoms with Crippen molar-refractivity contribution >= 4 is 35.0 Å². The number of benzene rings is 1. The van der Waals surface area contributed by atoms with Crippen LogP contribution in [-0.2, 0) is 11.3 Å². The molecule has 1 aromatic carbocycles. The molecule has 2 heterocycles. The van der Waals surface area contributed by atoms with E-state index in [0.717, 1.165) is 35.9 Å². The third kappa shape index (κ3) is 5.08. The van der Waals surface area contributed by atoms with Gasteiger partial charge in [-0.05, 0) is 30.7 Å². The highest BCUT2D eigenvalue weighted by atomic mass is 35.5. The largest absolute Gasteiger partial charge is 0.324 e. The van der Waals surface area contributed by atoms with Crippen molar-refractivity contribution in [2.45, 2.75) is 31.5 Å². The fourth-order valence-corrected chi connectivity index (χ4v) is 3.45. The number of unbranched alkanes of at least 4 members (excludes halogenated alkanes) is 1. The molecular weight excluding hydrogens is 382 g/mol. The van der Waals surface area contributed by atoms with Crippen molar-refractivity contribution in [1.29, 1.82) is 0 Å². The van der Waals surface area contributed by atoms with E-state index in [1.54, 1.807) is 24.5 Å². The standard InChI is InChI=1S/C19H20ClN5OS/c1-2-3-12-25-18(14-8-10-21-11-9-14)23-24-19(25)27-13-17(26)22-16-7-5-4-6-15(16)20/h4-11H,2-3,12-13H2,1H3,(H,22,26). The lowest BCUT2D eigenvalue weighted by molar-refractivity contribution is -0.113. The Morgan fingerprint density at radius 2 is 1.96 bits per heavy atom. The molecule has 0 unspecified atom stereocenters. The predicted octanol–water partition coefficient (Wildman–Crippen LogP) is 4.52. The molecule has 0 saturated carbocycles. The summed E-state index contributed by atoms with van der Waals surface area (Å²) in [6.07, 6.45) is 5.54. The predicted molar refractivity (Wildman–Crippen MR) is 109 cm³/mol. The van der Waals surface area contributed by atoms with Gasteiger partial charge in [0.25, 0.3) is 0 Å². The first-order chi connectivity index (χ1) is 13.2. The molecule has 0 atom stereocenters. The molecular formula is C19H20ClN5OS. The van der Waals surface area contributed by atoms with Crippen LogP contribution in [0.15, 0.2) is 53.9 Å². The number of anilines is 1. The van der Waals surface area contributed by atoms with Gasteiger partial charge >= 0.3 is 0 Å². The van der Waals surface area contributed by atoms with Gasteiger partial charge in [0, 0.05) is 24.5 Å². The molecule has 0 bridgehead atoms. The molecule has 140 valence electrons. The van der Waals surface area contributed by atoms with Crippen LogP contribution in [-0.4, -0.2) is 31.4 Å². The van der Waals surface area contributed by atoms with Crippen LogP contribution in [0.4, 0.5) is 5.69 Å². The fraction of sp³-hybridized carbons (Fsp3) is 0.263. The Morgan fingerprint density at radius 3 is 2.70 bits per heavy atom. The molecule has 27 heavy (non-hydrogen) atoms. The first kappa shape index (κ1) is 19.4. The maximum atomic E-state index is 12.3. The average molecular weight is 402 g/mol. The van der Waals surface area contributed by atoms with Gasteiger partial charge in [-0.3, -0.25) is 9.78 Å². The van der Waals surface area contributed by atoms with Gasteiger partial charge in [0.05, 0.1) is 16.5 Å². The molecule has 0 aliphatic carbocycles. The average Bonchev–Trinajstić information content (AvgIpc) is 3.10. The molecule has 0 spiro atoms. The third-order valence-corrected chi connectivity index (χ3v) is 5.17. The first-order valence-electron chi connectivity index (χ1n) is 8.69. The lowest BCUT2D eigenvalue weighted by Gasteiger charge is -2.10. The second kappa shape index (κ2) is 9.53. The van der Waals surface area contributed by atoms with Crippen molar-refractivity contribution in [3.8, 4) is 11.4 Å². The van der Waals surface area contributed by atoms with E-state index in [1.165, 1.54) is 11.8 Å². The van der Waals surface area contributed by atoms with E-state index < -0.39 is 0 Å². The Kier molecular flexibility index (Phi) is 6.84. The highest BCUT2D eigenvalue weighted by Gasteiger charge is 2.15. The van der Waals surface area contributed by atoms with E-state index in [9.17, 15) is 4.79 Å². The van der Waals surface area contributed by atoms with Crippen molar-refractivity contribution in [1.82, 2.24) is 19.7 Å². The SMILES string of the molecule is CCCCn1c(SCC(=O)Nc2ccccc2Cl)nnc1-c1ccncc1. The van der Waals surface area contributed by atoms with E-state index in [2.05, 4.69) is 32.0 Å². The summed E-state index contributed by atoms with van der Waals surface area (Å²) in [5.41, 5.74) is 1.57. The van der Waals surface area contributed by atoms with Gasteiger partial charge in [-0.2, -0.15) is 0 Å². The molecule has 3 rings (SSSR count). The van der Waals surface area contributed by atoms with Gasteiger partial charge < -0.3 is 9.88 Å². The van der Waals surface area contributed by atoms with Gasteiger partial charge in [0.1, 0.15) is 0 Å². The summed E-state index contributed by atoms with van der Waals surface area (Å²) in [5.74, 6) is 0.884. The number of carbonyl (C=O) groups is 1. The van der Waals surface area contributed by atoms with Crippen molar-refractivity contribution in [2.24, 2.45) is 0 Å². The van der Waals surface area contributed by atoms with Gasteiger partial charge in [-0.25, -0.2) is 0 Å².